The second kappa shape index (κ2) is 6.88. The highest BCUT2D eigenvalue weighted by Crippen LogP contribution is 2.66. The van der Waals surface area contributed by atoms with E-state index in [0.717, 1.165) is 44.9 Å². The smallest absolute Gasteiger partial charge is 0.193 e. The zero-order valence-corrected chi connectivity index (χ0v) is 16.3. The third kappa shape index (κ3) is 3.20. The molecule has 6 atom stereocenters. The second-order valence-corrected chi connectivity index (χ2v) is 9.52. The van der Waals surface area contributed by atoms with Crippen molar-refractivity contribution in [3.05, 3.63) is 11.6 Å². The Labute approximate surface area is 156 Å². The Morgan fingerprint density at radius 1 is 1.15 bits per heavy atom. The number of hydrogen-bond donors (Lipinski definition) is 0. The van der Waals surface area contributed by atoms with Gasteiger partial charge in [0.15, 0.2) is 0 Å². The molecule has 3 aliphatic carbocycles. The van der Waals surface area contributed by atoms with Crippen molar-refractivity contribution in [1.82, 2.24) is 0 Å². The first-order valence-corrected chi connectivity index (χ1v) is 10.3. The van der Waals surface area contributed by atoms with Gasteiger partial charge in [-0.3, -0.25) is 0 Å². The minimum absolute atomic E-state index is 0.0981. The molecule has 0 spiro atoms. The number of hydrogen-bond acceptors (Lipinski definition) is 1. The van der Waals surface area contributed by atoms with Crippen LogP contribution in [-0.2, 0) is 0 Å². The molecule has 0 aromatic carbocycles. The molecule has 146 valence electrons. The molecule has 0 aromatic heterocycles. The number of alkyl halides is 3. The first-order valence-electron chi connectivity index (χ1n) is 10.3. The molecule has 6 unspecified atom stereocenters. The summed E-state index contributed by atoms with van der Waals surface area (Å²) in [6.07, 6.45) is 4.73. The van der Waals surface area contributed by atoms with Crippen LogP contribution in [0.2, 0.25) is 0 Å². The SMILES string of the molecule is CCCC1(C)C(CC(F)(F)F)CCC2C3CC/C(=C/C#N)C3(C)CCC21. The van der Waals surface area contributed by atoms with Gasteiger partial charge in [-0.2, -0.15) is 18.4 Å². The van der Waals surface area contributed by atoms with E-state index in [1.54, 1.807) is 6.08 Å². The van der Waals surface area contributed by atoms with Crippen LogP contribution in [-0.4, -0.2) is 6.18 Å². The maximum Gasteiger partial charge on any atom is 0.389 e. The van der Waals surface area contributed by atoms with Crippen molar-refractivity contribution in [3.63, 3.8) is 0 Å². The van der Waals surface area contributed by atoms with Gasteiger partial charge in [-0.05, 0) is 79.4 Å². The molecule has 1 nitrogen and oxygen atoms in total. The predicted molar refractivity (Wildman–Crippen MR) is 97.2 cm³/mol. The average Bonchev–Trinajstić information content (AvgIpc) is 2.87. The summed E-state index contributed by atoms with van der Waals surface area (Å²) in [6, 6.07) is 2.22. The number of nitrogens with zero attached hydrogens (tertiary/aromatic N) is 1. The van der Waals surface area contributed by atoms with Crippen molar-refractivity contribution in [1.29, 1.82) is 5.26 Å². The van der Waals surface area contributed by atoms with Crippen molar-refractivity contribution in [3.8, 4) is 6.07 Å². The molecule has 3 rings (SSSR count). The summed E-state index contributed by atoms with van der Waals surface area (Å²) in [7, 11) is 0. The predicted octanol–water partition coefficient (Wildman–Crippen LogP) is 7.05. The number of rotatable bonds is 3. The quantitative estimate of drug-likeness (QED) is 0.490. The zero-order valence-electron chi connectivity index (χ0n) is 16.3. The Balaban J connectivity index is 1.90. The molecule has 0 heterocycles. The lowest BCUT2D eigenvalue weighted by atomic mass is 9.46. The Bertz CT molecular complexity index is 601. The Kier molecular flexibility index (Phi) is 5.23. The lowest BCUT2D eigenvalue weighted by Gasteiger charge is -2.58. The first kappa shape index (κ1) is 19.8. The van der Waals surface area contributed by atoms with Crippen LogP contribution in [0.4, 0.5) is 13.2 Å². The highest BCUT2D eigenvalue weighted by atomic mass is 19.4. The number of nitriles is 1. The van der Waals surface area contributed by atoms with Crippen molar-refractivity contribution >= 4 is 0 Å². The van der Waals surface area contributed by atoms with Crippen LogP contribution in [0.15, 0.2) is 11.6 Å². The Hall–Kier alpha value is -0.980. The number of halogens is 3. The van der Waals surface area contributed by atoms with Crippen LogP contribution in [0.5, 0.6) is 0 Å². The maximum absolute atomic E-state index is 13.2. The standard InChI is InChI=1S/C22H32F3N/c1-4-11-20(2)16(14-22(23,24)25)5-7-17-18-8-6-15(10-13-26)21(18,3)12-9-19(17)20/h10,16-19H,4-9,11-12,14H2,1-3H3/b15-10-. The molecule has 4 heteroatoms. The lowest BCUT2D eigenvalue weighted by Crippen LogP contribution is -2.51. The molecule has 0 saturated heterocycles. The van der Waals surface area contributed by atoms with Crippen molar-refractivity contribution < 1.29 is 13.2 Å². The molecule has 26 heavy (non-hydrogen) atoms. The molecular formula is C22H32F3N. The van der Waals surface area contributed by atoms with Gasteiger partial charge in [0.2, 0.25) is 0 Å². The van der Waals surface area contributed by atoms with Crippen LogP contribution in [0.25, 0.3) is 0 Å². The first-order chi connectivity index (χ1) is 12.2. The largest absolute Gasteiger partial charge is 0.389 e. The summed E-state index contributed by atoms with van der Waals surface area (Å²) < 4.78 is 39.7. The maximum atomic E-state index is 13.2. The van der Waals surface area contributed by atoms with Gasteiger partial charge in [0.1, 0.15) is 0 Å². The van der Waals surface area contributed by atoms with Crippen LogP contribution < -0.4 is 0 Å². The normalized spacial score (nSPS) is 44.4. The van der Waals surface area contributed by atoms with Gasteiger partial charge in [0.25, 0.3) is 0 Å². The topological polar surface area (TPSA) is 23.8 Å². The van der Waals surface area contributed by atoms with Gasteiger partial charge in [-0.1, -0.05) is 32.8 Å². The minimum atomic E-state index is -4.06. The monoisotopic (exact) mass is 367 g/mol. The fourth-order valence-electron chi connectivity index (χ4n) is 7.24. The summed E-state index contributed by atoms with van der Waals surface area (Å²) in [5.74, 6) is 1.25. The van der Waals surface area contributed by atoms with E-state index in [1.807, 2.05) is 0 Å². The van der Waals surface area contributed by atoms with Gasteiger partial charge in [0, 0.05) is 12.5 Å². The van der Waals surface area contributed by atoms with E-state index in [-0.39, 0.29) is 16.7 Å². The average molecular weight is 367 g/mol. The Morgan fingerprint density at radius 3 is 2.50 bits per heavy atom. The molecule has 3 fully saturated rings. The van der Waals surface area contributed by atoms with Gasteiger partial charge >= 0.3 is 6.18 Å². The molecule has 0 amide bonds. The van der Waals surface area contributed by atoms with E-state index in [1.165, 1.54) is 5.57 Å². The molecule has 3 aliphatic rings. The van der Waals surface area contributed by atoms with Gasteiger partial charge in [-0.25, -0.2) is 0 Å². The van der Waals surface area contributed by atoms with E-state index in [0.29, 0.717) is 24.2 Å². The highest BCUT2D eigenvalue weighted by molar-refractivity contribution is 5.28. The third-order valence-electron chi connectivity index (χ3n) is 8.42. The fraction of sp³-hybridized carbons (Fsp3) is 0.864. The summed E-state index contributed by atoms with van der Waals surface area (Å²) >= 11 is 0. The molecule has 0 aliphatic heterocycles. The van der Waals surface area contributed by atoms with Gasteiger partial charge in [0.05, 0.1) is 6.07 Å². The zero-order chi connectivity index (χ0) is 19.2. The van der Waals surface area contributed by atoms with Crippen molar-refractivity contribution in [2.24, 2.45) is 34.5 Å². The highest BCUT2D eigenvalue weighted by Gasteiger charge is 2.58. The minimum Gasteiger partial charge on any atom is -0.193 e. The Morgan fingerprint density at radius 2 is 1.88 bits per heavy atom. The molecule has 3 saturated carbocycles. The summed E-state index contributed by atoms with van der Waals surface area (Å²) in [5, 5.41) is 9.13. The van der Waals surface area contributed by atoms with E-state index < -0.39 is 12.6 Å². The van der Waals surface area contributed by atoms with E-state index >= 15 is 0 Å². The summed E-state index contributed by atoms with van der Waals surface area (Å²) in [6.45, 7) is 6.58. The molecular weight excluding hydrogens is 335 g/mol. The van der Waals surface area contributed by atoms with Crippen molar-refractivity contribution in [2.75, 3.05) is 0 Å². The molecule has 0 N–H and O–H groups in total. The number of fused-ring (bicyclic) bond motifs is 3. The second-order valence-electron chi connectivity index (χ2n) is 9.52. The third-order valence-corrected chi connectivity index (χ3v) is 8.42. The molecule has 0 aromatic rings. The number of allylic oxidation sites excluding steroid dienone is 2. The van der Waals surface area contributed by atoms with Crippen LogP contribution >= 0.6 is 0 Å². The van der Waals surface area contributed by atoms with Crippen LogP contribution in [0.3, 0.4) is 0 Å². The van der Waals surface area contributed by atoms with Crippen LogP contribution in [0, 0.1) is 45.8 Å². The fourth-order valence-corrected chi connectivity index (χ4v) is 7.24. The summed E-state index contributed by atoms with van der Waals surface area (Å²) in [5.41, 5.74) is 1.19. The molecule has 0 radical (unpaired) electrons. The van der Waals surface area contributed by atoms with E-state index in [2.05, 4.69) is 26.8 Å². The van der Waals surface area contributed by atoms with Crippen LogP contribution in [0.1, 0.15) is 78.6 Å². The van der Waals surface area contributed by atoms with Crippen molar-refractivity contribution in [2.45, 2.75) is 84.7 Å². The summed E-state index contributed by atoms with van der Waals surface area (Å²) in [4.78, 5) is 0. The van der Waals surface area contributed by atoms with E-state index in [9.17, 15) is 13.2 Å². The van der Waals surface area contributed by atoms with E-state index in [4.69, 9.17) is 5.26 Å². The lowest BCUT2D eigenvalue weighted by molar-refractivity contribution is -0.175. The molecule has 0 bridgehead atoms. The van der Waals surface area contributed by atoms with Gasteiger partial charge in [-0.15, -0.1) is 0 Å². The van der Waals surface area contributed by atoms with Gasteiger partial charge < -0.3 is 0 Å².